The van der Waals surface area contributed by atoms with Crippen molar-refractivity contribution >= 4 is 29.2 Å². The number of hydrogen-bond acceptors (Lipinski definition) is 5. The lowest BCUT2D eigenvalue weighted by Crippen LogP contribution is -2.23. The predicted octanol–water partition coefficient (Wildman–Crippen LogP) is 4.64. The molecule has 3 aromatic heterocycles. The smallest absolute Gasteiger partial charge is 0.272 e. The largest absolute Gasteiger partial charge is 0.345 e. The van der Waals surface area contributed by atoms with Crippen LogP contribution in [0.5, 0.6) is 0 Å². The summed E-state index contributed by atoms with van der Waals surface area (Å²) in [6.45, 7) is 0.214. The molecule has 0 aliphatic carbocycles. The first-order valence-electron chi connectivity index (χ1n) is 11.5. The molecule has 0 spiro atoms. The summed E-state index contributed by atoms with van der Waals surface area (Å²) < 4.78 is 17.5. The minimum atomic E-state index is -0.564. The van der Waals surface area contributed by atoms with Crippen molar-refractivity contribution in [3.8, 4) is 16.9 Å². The van der Waals surface area contributed by atoms with Gasteiger partial charge in [-0.2, -0.15) is 5.10 Å². The SMILES string of the molecule is Cn1cnc(CNC(=O)c2cc(NC(=O)c3cc(-c4ncccc4F)ccc3Cl)n(-c3ccccc3)n2)c1. The Morgan fingerprint density at radius 2 is 1.82 bits per heavy atom. The minimum Gasteiger partial charge on any atom is -0.345 e. The van der Waals surface area contributed by atoms with E-state index in [4.69, 9.17) is 11.6 Å². The predicted molar refractivity (Wildman–Crippen MR) is 141 cm³/mol. The van der Waals surface area contributed by atoms with Crippen molar-refractivity contribution in [3.63, 3.8) is 0 Å². The van der Waals surface area contributed by atoms with Crippen LogP contribution in [-0.2, 0) is 13.6 Å². The summed E-state index contributed by atoms with van der Waals surface area (Å²) in [5, 5.41) is 10.1. The number of hydrogen-bond donors (Lipinski definition) is 2. The molecule has 0 aliphatic rings. The number of anilines is 1. The second-order valence-corrected chi connectivity index (χ2v) is 8.77. The van der Waals surface area contributed by atoms with Gasteiger partial charge in [-0.25, -0.2) is 14.1 Å². The van der Waals surface area contributed by atoms with E-state index < -0.39 is 17.6 Å². The van der Waals surface area contributed by atoms with E-state index in [0.717, 1.165) is 0 Å². The molecule has 5 rings (SSSR count). The van der Waals surface area contributed by atoms with Crippen molar-refractivity contribution in [1.82, 2.24) is 29.6 Å². The van der Waals surface area contributed by atoms with E-state index in [0.29, 0.717) is 16.9 Å². The average Bonchev–Trinajstić information content (AvgIpc) is 3.54. The van der Waals surface area contributed by atoms with Crippen molar-refractivity contribution in [2.45, 2.75) is 6.54 Å². The van der Waals surface area contributed by atoms with E-state index in [9.17, 15) is 14.0 Å². The summed E-state index contributed by atoms with van der Waals surface area (Å²) in [6, 6.07) is 17.8. The number of rotatable bonds is 7. The monoisotopic (exact) mass is 529 g/mol. The van der Waals surface area contributed by atoms with Crippen molar-refractivity contribution in [1.29, 1.82) is 0 Å². The van der Waals surface area contributed by atoms with Crippen LogP contribution in [0.2, 0.25) is 5.02 Å². The van der Waals surface area contributed by atoms with Gasteiger partial charge in [0.15, 0.2) is 5.69 Å². The van der Waals surface area contributed by atoms with Crippen LogP contribution in [0.15, 0.2) is 85.5 Å². The third kappa shape index (κ3) is 5.30. The molecular formula is C27H21ClFN7O2. The van der Waals surface area contributed by atoms with Gasteiger partial charge in [0.25, 0.3) is 11.8 Å². The summed E-state index contributed by atoms with van der Waals surface area (Å²) in [5.41, 5.74) is 2.01. The number of amides is 2. The Labute approximate surface area is 221 Å². The first-order valence-corrected chi connectivity index (χ1v) is 11.9. The Morgan fingerprint density at radius 1 is 1.00 bits per heavy atom. The number of pyridine rings is 1. The van der Waals surface area contributed by atoms with Gasteiger partial charge in [0.1, 0.15) is 17.3 Å². The molecule has 0 bridgehead atoms. The fourth-order valence-electron chi connectivity index (χ4n) is 3.80. The first-order chi connectivity index (χ1) is 18.4. The Kier molecular flexibility index (Phi) is 6.96. The lowest BCUT2D eigenvalue weighted by molar-refractivity contribution is 0.0944. The van der Waals surface area contributed by atoms with E-state index >= 15 is 0 Å². The molecule has 0 aliphatic heterocycles. The van der Waals surface area contributed by atoms with Crippen molar-refractivity contribution in [2.24, 2.45) is 7.05 Å². The zero-order valence-electron chi connectivity index (χ0n) is 20.1. The zero-order chi connectivity index (χ0) is 26.6. The van der Waals surface area contributed by atoms with Crippen LogP contribution in [0.4, 0.5) is 10.2 Å². The summed E-state index contributed by atoms with van der Waals surface area (Å²) in [5.74, 6) is -1.28. The standard InChI is InChI=1S/C27H21ClFN7O2/c1-35-15-18(32-16-35)14-31-27(38)23-13-24(36(34-23)19-6-3-2-4-7-19)33-26(37)20-12-17(9-10-21(20)28)25-22(29)8-5-11-30-25/h2-13,15-16H,14H2,1H3,(H,31,38)(H,33,37). The van der Waals surface area contributed by atoms with Crippen LogP contribution in [0.25, 0.3) is 16.9 Å². The minimum absolute atomic E-state index is 0.0930. The van der Waals surface area contributed by atoms with Crippen LogP contribution in [0.3, 0.4) is 0 Å². The second-order valence-electron chi connectivity index (χ2n) is 8.36. The van der Waals surface area contributed by atoms with Gasteiger partial charge in [0, 0.05) is 31.1 Å². The first kappa shape index (κ1) is 24.8. The fourth-order valence-corrected chi connectivity index (χ4v) is 4.00. The molecule has 3 heterocycles. The zero-order valence-corrected chi connectivity index (χ0v) is 20.9. The molecular weight excluding hydrogens is 509 g/mol. The Hall–Kier alpha value is -4.83. The quantitative estimate of drug-likeness (QED) is 0.319. The van der Waals surface area contributed by atoms with E-state index in [1.807, 2.05) is 25.2 Å². The van der Waals surface area contributed by atoms with Crippen LogP contribution >= 0.6 is 11.6 Å². The molecule has 0 fully saturated rings. The van der Waals surface area contributed by atoms with Gasteiger partial charge in [0.05, 0.1) is 34.8 Å². The summed E-state index contributed by atoms with van der Waals surface area (Å²) in [4.78, 5) is 34.4. The van der Waals surface area contributed by atoms with E-state index in [1.165, 1.54) is 41.2 Å². The summed E-state index contributed by atoms with van der Waals surface area (Å²) in [7, 11) is 1.84. The average molecular weight is 530 g/mol. The number of nitrogens with one attached hydrogen (secondary N) is 2. The Bertz CT molecular complexity index is 1630. The molecule has 11 heteroatoms. The molecule has 5 aromatic rings. The van der Waals surface area contributed by atoms with Gasteiger partial charge in [-0.3, -0.25) is 14.6 Å². The number of carbonyl (C=O) groups is 2. The summed E-state index contributed by atoms with van der Waals surface area (Å²) in [6.07, 6.45) is 4.90. The van der Waals surface area contributed by atoms with Gasteiger partial charge < -0.3 is 15.2 Å². The molecule has 0 atom stereocenters. The second kappa shape index (κ2) is 10.7. The highest BCUT2D eigenvalue weighted by Crippen LogP contribution is 2.27. The molecule has 9 nitrogen and oxygen atoms in total. The van der Waals surface area contributed by atoms with Crippen molar-refractivity contribution in [3.05, 3.63) is 113 Å². The Morgan fingerprint density at radius 3 is 2.55 bits per heavy atom. The number of benzene rings is 2. The highest BCUT2D eigenvalue weighted by molar-refractivity contribution is 6.34. The number of halogens is 2. The lowest BCUT2D eigenvalue weighted by Gasteiger charge is -2.11. The van der Waals surface area contributed by atoms with Crippen molar-refractivity contribution in [2.75, 3.05) is 5.32 Å². The molecule has 190 valence electrons. The number of nitrogens with zero attached hydrogens (tertiary/aromatic N) is 5. The molecule has 2 amide bonds. The maximum atomic E-state index is 14.3. The normalized spacial score (nSPS) is 10.8. The molecule has 38 heavy (non-hydrogen) atoms. The van der Waals surface area contributed by atoms with Crippen LogP contribution in [-0.4, -0.2) is 36.1 Å². The number of aromatic nitrogens is 5. The molecule has 2 aromatic carbocycles. The third-order valence-electron chi connectivity index (χ3n) is 5.62. The molecule has 0 saturated carbocycles. The number of aryl methyl sites for hydroxylation is 1. The topological polar surface area (TPSA) is 107 Å². The van der Waals surface area contributed by atoms with Gasteiger partial charge in [0.2, 0.25) is 0 Å². The van der Waals surface area contributed by atoms with Crippen molar-refractivity contribution < 1.29 is 14.0 Å². The molecule has 0 saturated heterocycles. The van der Waals surface area contributed by atoms with Crippen LogP contribution in [0.1, 0.15) is 26.5 Å². The lowest BCUT2D eigenvalue weighted by atomic mass is 10.1. The van der Waals surface area contributed by atoms with E-state index in [1.54, 1.807) is 35.3 Å². The van der Waals surface area contributed by atoms with Gasteiger partial charge in [-0.15, -0.1) is 0 Å². The van der Waals surface area contributed by atoms with Gasteiger partial charge >= 0.3 is 0 Å². The van der Waals surface area contributed by atoms with Gasteiger partial charge in [-0.05, 0) is 36.4 Å². The van der Waals surface area contributed by atoms with Crippen LogP contribution < -0.4 is 10.6 Å². The fraction of sp³-hybridized carbons (Fsp3) is 0.0741. The Balaban J connectivity index is 1.44. The number of imidazole rings is 1. The van der Waals surface area contributed by atoms with E-state index in [2.05, 4.69) is 25.7 Å². The van der Waals surface area contributed by atoms with Gasteiger partial charge in [-0.1, -0.05) is 35.9 Å². The highest BCUT2D eigenvalue weighted by Gasteiger charge is 2.20. The highest BCUT2D eigenvalue weighted by atomic mass is 35.5. The maximum absolute atomic E-state index is 14.3. The maximum Gasteiger partial charge on any atom is 0.272 e. The number of para-hydroxylation sites is 1. The van der Waals surface area contributed by atoms with Crippen LogP contribution in [0, 0.1) is 5.82 Å². The molecule has 0 radical (unpaired) electrons. The van der Waals surface area contributed by atoms with E-state index in [-0.39, 0.29) is 34.3 Å². The number of carbonyl (C=O) groups excluding carboxylic acids is 2. The summed E-state index contributed by atoms with van der Waals surface area (Å²) >= 11 is 6.33. The molecule has 2 N–H and O–H groups in total. The molecule has 0 unspecified atom stereocenters. The third-order valence-corrected chi connectivity index (χ3v) is 5.95.